The number of phosphoric acid groups is 2. The van der Waals surface area contributed by atoms with E-state index in [4.69, 9.17) is 32.3 Å². The molecule has 0 aromatic carbocycles. The van der Waals surface area contributed by atoms with Gasteiger partial charge in [-0.25, -0.2) is 9.13 Å². The minimum Gasteiger partial charge on any atom is -0.463 e. The molecule has 0 aromatic rings. The number of allylic oxidation sites excluding steroid dienone is 20. The van der Waals surface area contributed by atoms with Crippen LogP contribution < -0.4 is 0 Å². The van der Waals surface area contributed by atoms with Gasteiger partial charge in [-0.15, -0.1) is 0 Å². The molecular formula is C87H152O16P2. The molecule has 0 bridgehead atoms. The molecule has 0 aliphatic heterocycles. The number of aliphatic hydroxyl groups excluding tert-OH is 2. The second-order valence-electron chi connectivity index (χ2n) is 27.9. The monoisotopic (exact) mass is 1520 g/mol. The van der Waals surface area contributed by atoms with Gasteiger partial charge in [-0.3, -0.25) is 32.5 Å². The van der Waals surface area contributed by atoms with Gasteiger partial charge in [-0.1, -0.05) is 341 Å². The van der Waals surface area contributed by atoms with Crippen molar-refractivity contribution in [2.45, 2.75) is 373 Å². The number of rotatable bonds is 79. The van der Waals surface area contributed by atoms with Crippen molar-refractivity contribution in [3.05, 3.63) is 122 Å². The summed E-state index contributed by atoms with van der Waals surface area (Å²) in [6, 6.07) is 0. The van der Waals surface area contributed by atoms with E-state index in [1.165, 1.54) is 154 Å². The van der Waals surface area contributed by atoms with Crippen LogP contribution in [0.1, 0.15) is 355 Å². The Morgan fingerprint density at radius 3 is 0.819 bits per heavy atom. The Kier molecular flexibility index (Phi) is 76.4. The fourth-order valence-corrected chi connectivity index (χ4v) is 12.9. The van der Waals surface area contributed by atoms with E-state index < -0.39 is 91.5 Å². The average molecular weight is 1520 g/mol. The number of carbonyl (C=O) groups excluding carboxylic acids is 3. The predicted octanol–water partition coefficient (Wildman–Crippen LogP) is 24.9. The molecule has 0 fully saturated rings. The molecule has 0 aromatic heterocycles. The van der Waals surface area contributed by atoms with Gasteiger partial charge in [0.1, 0.15) is 25.4 Å². The Hall–Kier alpha value is -4.05. The van der Waals surface area contributed by atoms with Crippen LogP contribution in [0.5, 0.6) is 0 Å². The molecule has 0 aliphatic rings. The predicted molar refractivity (Wildman–Crippen MR) is 436 cm³/mol. The third kappa shape index (κ3) is 80.8. The fourth-order valence-electron chi connectivity index (χ4n) is 11.3. The van der Waals surface area contributed by atoms with Gasteiger partial charge < -0.3 is 34.2 Å². The van der Waals surface area contributed by atoms with Crippen molar-refractivity contribution in [1.82, 2.24) is 0 Å². The van der Waals surface area contributed by atoms with E-state index in [1.54, 1.807) is 0 Å². The maximum absolute atomic E-state index is 12.9. The first-order chi connectivity index (χ1) is 51.2. The van der Waals surface area contributed by atoms with Crippen molar-refractivity contribution >= 4 is 33.6 Å². The highest BCUT2D eigenvalue weighted by molar-refractivity contribution is 7.47. The minimum absolute atomic E-state index is 0.102. The summed E-state index contributed by atoms with van der Waals surface area (Å²) >= 11 is 0. The molecule has 16 nitrogen and oxygen atoms in total. The lowest BCUT2D eigenvalue weighted by atomic mass is 10.0. The zero-order valence-electron chi connectivity index (χ0n) is 66.4. The minimum atomic E-state index is -4.93. The third-order valence-electron chi connectivity index (χ3n) is 17.7. The Balaban J connectivity index is 4.38. The number of esters is 3. The van der Waals surface area contributed by atoms with Crippen molar-refractivity contribution in [3.63, 3.8) is 0 Å². The van der Waals surface area contributed by atoms with Crippen LogP contribution in [0.4, 0.5) is 0 Å². The first-order valence-corrected chi connectivity index (χ1v) is 44.8. The Morgan fingerprint density at radius 2 is 0.505 bits per heavy atom. The number of phosphoric ester groups is 2. The number of aliphatic hydroxyl groups is 2. The average Bonchev–Trinajstić information content (AvgIpc) is 0.936. The molecule has 0 saturated heterocycles. The van der Waals surface area contributed by atoms with E-state index in [9.17, 15) is 43.5 Å². The molecular weight excluding hydrogens is 1360 g/mol. The molecule has 0 amide bonds. The van der Waals surface area contributed by atoms with E-state index in [-0.39, 0.29) is 19.3 Å². The highest BCUT2D eigenvalue weighted by Crippen LogP contribution is 2.45. The van der Waals surface area contributed by atoms with E-state index in [0.29, 0.717) is 19.3 Å². The van der Waals surface area contributed by atoms with Crippen LogP contribution in [-0.2, 0) is 55.8 Å². The molecule has 5 unspecified atom stereocenters. The van der Waals surface area contributed by atoms with Crippen molar-refractivity contribution in [3.8, 4) is 0 Å². The summed E-state index contributed by atoms with van der Waals surface area (Å²) in [4.78, 5) is 58.6. The topological polar surface area (TPSA) is 231 Å². The zero-order valence-corrected chi connectivity index (χ0v) is 68.2. The second kappa shape index (κ2) is 79.5. The summed E-state index contributed by atoms with van der Waals surface area (Å²) in [5.74, 6) is -1.58. The van der Waals surface area contributed by atoms with Gasteiger partial charge in [0.15, 0.2) is 6.10 Å². The van der Waals surface area contributed by atoms with Gasteiger partial charge in [-0.2, -0.15) is 0 Å². The Labute approximate surface area is 640 Å². The van der Waals surface area contributed by atoms with Gasteiger partial charge in [0.25, 0.3) is 0 Å². The molecule has 0 radical (unpaired) electrons. The van der Waals surface area contributed by atoms with Gasteiger partial charge in [0.2, 0.25) is 0 Å². The van der Waals surface area contributed by atoms with Crippen LogP contribution >= 0.6 is 15.6 Å². The van der Waals surface area contributed by atoms with Crippen LogP contribution in [0, 0.1) is 0 Å². The molecule has 5 atom stereocenters. The van der Waals surface area contributed by atoms with Gasteiger partial charge in [-0.05, 0) is 116 Å². The largest absolute Gasteiger partial charge is 0.472 e. The van der Waals surface area contributed by atoms with Crippen LogP contribution in [0.3, 0.4) is 0 Å². The summed E-state index contributed by atoms with van der Waals surface area (Å²) in [6.07, 6.45) is 95.5. The van der Waals surface area contributed by atoms with Gasteiger partial charge >= 0.3 is 33.6 Å². The highest BCUT2D eigenvalue weighted by Gasteiger charge is 2.29. The van der Waals surface area contributed by atoms with Crippen LogP contribution in [0.25, 0.3) is 0 Å². The highest BCUT2D eigenvalue weighted by atomic mass is 31.2. The number of ether oxygens (including phenoxy) is 3. The molecule has 18 heteroatoms. The van der Waals surface area contributed by atoms with Crippen LogP contribution in [0.15, 0.2) is 122 Å². The van der Waals surface area contributed by atoms with Crippen molar-refractivity contribution < 1.29 is 75.8 Å². The summed E-state index contributed by atoms with van der Waals surface area (Å²) in [7, 11) is -9.79. The smallest absolute Gasteiger partial charge is 0.463 e. The summed E-state index contributed by atoms with van der Waals surface area (Å²) in [6.45, 7) is 2.54. The van der Waals surface area contributed by atoms with Crippen molar-refractivity contribution in [2.24, 2.45) is 0 Å². The maximum atomic E-state index is 12.9. The first-order valence-electron chi connectivity index (χ1n) is 41.8. The molecule has 0 rings (SSSR count). The second-order valence-corrected chi connectivity index (χ2v) is 30.8. The van der Waals surface area contributed by atoms with E-state index in [0.717, 1.165) is 141 Å². The lowest BCUT2D eigenvalue weighted by molar-refractivity contribution is -0.161. The molecule has 0 saturated carbocycles. The van der Waals surface area contributed by atoms with E-state index in [2.05, 4.69) is 142 Å². The molecule has 105 heavy (non-hydrogen) atoms. The lowest BCUT2D eigenvalue weighted by Gasteiger charge is -2.21. The van der Waals surface area contributed by atoms with E-state index in [1.807, 2.05) is 0 Å². The quantitative estimate of drug-likeness (QED) is 0.0146. The summed E-state index contributed by atoms with van der Waals surface area (Å²) in [5, 5.41) is 20.6. The van der Waals surface area contributed by atoms with E-state index >= 15 is 0 Å². The SMILES string of the molecule is CC/C=C\C/C=C\C/C=C\C/C=C\C/C=C\C/C=C\CCCCCCCCC(=O)OCC(COP(=O)(O)OCC(O)COP(=O)(O)OCC(O)COC(=O)CCCCCCCCCCCCCCCCCCC/C=C\C/C=C\C/C=C\C/C=C\CCCCC)OC(=O)CCCCCCCCCCCCC. The molecule has 606 valence electrons. The maximum Gasteiger partial charge on any atom is 0.472 e. The van der Waals surface area contributed by atoms with Crippen LogP contribution in [-0.4, -0.2) is 95.9 Å². The lowest BCUT2D eigenvalue weighted by Crippen LogP contribution is -2.30. The third-order valence-corrected chi connectivity index (χ3v) is 19.6. The molecule has 0 aliphatic carbocycles. The van der Waals surface area contributed by atoms with Gasteiger partial charge in [0.05, 0.1) is 26.4 Å². The summed E-state index contributed by atoms with van der Waals surface area (Å²) in [5.41, 5.74) is 0. The normalized spacial score (nSPS) is 14.5. The fraction of sp³-hybridized carbons (Fsp3) is 0.736. The van der Waals surface area contributed by atoms with Crippen molar-refractivity contribution in [1.29, 1.82) is 0 Å². The molecule has 0 spiro atoms. The number of unbranched alkanes of at least 4 members (excludes halogenated alkanes) is 36. The number of hydrogen-bond acceptors (Lipinski definition) is 14. The summed E-state index contributed by atoms with van der Waals surface area (Å²) < 4.78 is 61.1. The number of carbonyl (C=O) groups is 3. The van der Waals surface area contributed by atoms with Crippen LogP contribution in [0.2, 0.25) is 0 Å². The Morgan fingerprint density at radius 1 is 0.276 bits per heavy atom. The number of hydrogen-bond donors (Lipinski definition) is 4. The molecule has 0 heterocycles. The molecule has 4 N–H and O–H groups in total. The first kappa shape index (κ1) is 101. The van der Waals surface area contributed by atoms with Crippen molar-refractivity contribution in [2.75, 3.05) is 39.6 Å². The standard InChI is InChI=1S/C87H152O16P2/c1-4-7-10-13-16-19-22-24-26-28-30-32-34-36-37-38-39-40-41-42-43-45-47-48-50-52-54-56-59-61-64-67-70-73-85(90)97-76-82(88)77-99-104(93,94)100-78-83(89)79-101-105(95,96)102-81-84(103-87(92)75-72-69-66-63-58-21-18-15-12-9-6-3)80-98-86(91)74-71-68-65-62-60-57-55-53-51-49-46-44-35-33-31-29-27-25-23-20-17-14-11-8-5-2/h8,11,16-17,19-20,24-27,30-33,36-37,44,46,51,53,82-84,88-89H,4-7,9-10,12-15,18,21-23,28-29,34-35,38-43,45,47-50,52,54-81H2,1-3H3,(H,93,94)(H,95,96)/b11-8-,19-16-,20-17-,26-24-,27-25-,32-30-,33-31-,37-36-,46-44-,53-51-. The zero-order chi connectivity index (χ0) is 76.6. The Bertz CT molecular complexity index is 2390. The van der Waals surface area contributed by atoms with Gasteiger partial charge in [0, 0.05) is 19.3 Å².